The second kappa shape index (κ2) is 5.86. The molecule has 0 saturated carbocycles. The molecule has 1 aromatic rings. The average molecular weight is 279 g/mol. The van der Waals surface area contributed by atoms with Crippen LogP contribution >= 0.6 is 0 Å². The van der Waals surface area contributed by atoms with Gasteiger partial charge in [-0.15, -0.1) is 0 Å². The van der Waals surface area contributed by atoms with Crippen LogP contribution in [0.25, 0.3) is 0 Å². The Hall–Kier alpha value is -0.870. The zero-order chi connectivity index (χ0) is 14.8. The number of aryl methyl sites for hydroxylation is 2. The van der Waals surface area contributed by atoms with E-state index in [4.69, 9.17) is 4.74 Å². The molecule has 2 atom stereocenters. The molecule has 1 saturated heterocycles. The molecule has 4 heteroatoms. The average Bonchev–Trinajstić information content (AvgIpc) is 2.91. The molecule has 0 radical (unpaired) electrons. The van der Waals surface area contributed by atoms with Crippen molar-refractivity contribution >= 4 is 0 Å². The lowest BCUT2D eigenvalue weighted by molar-refractivity contribution is 0.0550. The maximum atomic E-state index is 5.87. The van der Waals surface area contributed by atoms with E-state index >= 15 is 0 Å². The van der Waals surface area contributed by atoms with Crippen molar-refractivity contribution in [2.75, 3.05) is 13.2 Å². The van der Waals surface area contributed by atoms with Gasteiger partial charge in [-0.1, -0.05) is 0 Å². The van der Waals surface area contributed by atoms with E-state index in [0.717, 1.165) is 32.4 Å². The summed E-state index contributed by atoms with van der Waals surface area (Å²) in [5.74, 6) is 0. The van der Waals surface area contributed by atoms with Crippen LogP contribution in [0.5, 0.6) is 0 Å². The Labute approximate surface area is 122 Å². The van der Waals surface area contributed by atoms with Crippen molar-refractivity contribution in [3.63, 3.8) is 0 Å². The lowest BCUT2D eigenvalue weighted by Gasteiger charge is -2.36. The zero-order valence-corrected chi connectivity index (χ0v) is 13.6. The standard InChI is InChI=1S/C16H29N3O/c1-13-16(9-11-20-13,12-17-15(2,3)4)8-6-14-7-10-18-19(14)5/h7,10,13,17H,6,8-9,11-12H2,1-5H3. The molecule has 20 heavy (non-hydrogen) atoms. The van der Waals surface area contributed by atoms with Crippen LogP contribution in [-0.2, 0) is 18.2 Å². The first kappa shape index (κ1) is 15.5. The first-order valence-corrected chi connectivity index (χ1v) is 7.66. The lowest BCUT2D eigenvalue weighted by atomic mass is 9.76. The number of nitrogens with one attached hydrogen (secondary N) is 1. The molecule has 1 aliphatic heterocycles. The van der Waals surface area contributed by atoms with Crippen LogP contribution in [0.4, 0.5) is 0 Å². The summed E-state index contributed by atoms with van der Waals surface area (Å²) >= 11 is 0. The van der Waals surface area contributed by atoms with Crippen molar-refractivity contribution in [2.24, 2.45) is 12.5 Å². The Kier molecular flexibility index (Phi) is 4.55. The van der Waals surface area contributed by atoms with Crippen molar-refractivity contribution in [1.29, 1.82) is 0 Å². The minimum atomic E-state index is 0.155. The van der Waals surface area contributed by atoms with Crippen molar-refractivity contribution in [1.82, 2.24) is 15.1 Å². The maximum Gasteiger partial charge on any atom is 0.0616 e. The predicted molar refractivity (Wildman–Crippen MR) is 81.7 cm³/mol. The van der Waals surface area contributed by atoms with E-state index < -0.39 is 0 Å². The molecule has 114 valence electrons. The molecule has 0 bridgehead atoms. The fourth-order valence-corrected chi connectivity index (χ4v) is 2.93. The third-order valence-corrected chi connectivity index (χ3v) is 4.60. The van der Waals surface area contributed by atoms with E-state index in [-0.39, 0.29) is 11.0 Å². The van der Waals surface area contributed by atoms with Gasteiger partial charge in [0.25, 0.3) is 0 Å². The highest BCUT2D eigenvalue weighted by atomic mass is 16.5. The van der Waals surface area contributed by atoms with Gasteiger partial charge in [0, 0.05) is 43.0 Å². The number of nitrogens with zero attached hydrogens (tertiary/aromatic N) is 2. The molecule has 0 aliphatic carbocycles. The van der Waals surface area contributed by atoms with Gasteiger partial charge in [-0.05, 0) is 53.0 Å². The van der Waals surface area contributed by atoms with E-state index in [9.17, 15) is 0 Å². The molecule has 1 aliphatic rings. The quantitative estimate of drug-likeness (QED) is 0.900. The van der Waals surface area contributed by atoms with Gasteiger partial charge in [0.05, 0.1) is 6.10 Å². The van der Waals surface area contributed by atoms with Crippen LogP contribution in [0.3, 0.4) is 0 Å². The van der Waals surface area contributed by atoms with Crippen molar-refractivity contribution in [3.05, 3.63) is 18.0 Å². The van der Waals surface area contributed by atoms with Gasteiger partial charge >= 0.3 is 0 Å². The van der Waals surface area contributed by atoms with Gasteiger partial charge in [0.1, 0.15) is 0 Å². The number of hydrogen-bond acceptors (Lipinski definition) is 3. The van der Waals surface area contributed by atoms with Crippen LogP contribution in [0.1, 0.15) is 46.2 Å². The highest BCUT2D eigenvalue weighted by Crippen LogP contribution is 2.39. The van der Waals surface area contributed by atoms with Crippen LogP contribution in [0.2, 0.25) is 0 Å². The fraction of sp³-hybridized carbons (Fsp3) is 0.812. The summed E-state index contributed by atoms with van der Waals surface area (Å²) in [4.78, 5) is 0. The Bertz CT molecular complexity index is 435. The topological polar surface area (TPSA) is 39.1 Å². The molecule has 2 heterocycles. The molecule has 2 rings (SSSR count). The second-order valence-corrected chi connectivity index (χ2v) is 7.18. The highest BCUT2D eigenvalue weighted by Gasteiger charge is 2.41. The summed E-state index contributed by atoms with van der Waals surface area (Å²) in [6.45, 7) is 10.8. The monoisotopic (exact) mass is 279 g/mol. The van der Waals surface area contributed by atoms with Crippen LogP contribution in [0.15, 0.2) is 12.3 Å². The lowest BCUT2D eigenvalue weighted by Crippen LogP contribution is -2.47. The van der Waals surface area contributed by atoms with E-state index in [1.807, 2.05) is 17.9 Å². The van der Waals surface area contributed by atoms with Gasteiger partial charge in [0.15, 0.2) is 0 Å². The van der Waals surface area contributed by atoms with Crippen molar-refractivity contribution in [3.8, 4) is 0 Å². The van der Waals surface area contributed by atoms with Crippen LogP contribution < -0.4 is 5.32 Å². The first-order chi connectivity index (χ1) is 9.32. The summed E-state index contributed by atoms with van der Waals surface area (Å²) < 4.78 is 7.85. The van der Waals surface area contributed by atoms with Crippen LogP contribution in [0, 0.1) is 5.41 Å². The minimum Gasteiger partial charge on any atom is -0.378 e. The summed E-state index contributed by atoms with van der Waals surface area (Å²) in [5.41, 5.74) is 1.71. The highest BCUT2D eigenvalue weighted by molar-refractivity contribution is 5.03. The van der Waals surface area contributed by atoms with Crippen molar-refractivity contribution in [2.45, 2.75) is 58.6 Å². The molecular formula is C16H29N3O. The summed E-state index contributed by atoms with van der Waals surface area (Å²) in [7, 11) is 2.02. The Morgan fingerprint density at radius 3 is 2.75 bits per heavy atom. The van der Waals surface area contributed by atoms with Crippen molar-refractivity contribution < 1.29 is 4.74 Å². The van der Waals surface area contributed by atoms with E-state index in [1.54, 1.807) is 0 Å². The van der Waals surface area contributed by atoms with Gasteiger partial charge in [-0.3, -0.25) is 4.68 Å². The van der Waals surface area contributed by atoms with Gasteiger partial charge < -0.3 is 10.1 Å². The SMILES string of the molecule is CC1OCCC1(CCc1ccnn1C)CNC(C)(C)C. The normalized spacial score (nSPS) is 27.1. The number of ether oxygens (including phenoxy) is 1. The van der Waals surface area contributed by atoms with Gasteiger partial charge in [-0.25, -0.2) is 0 Å². The second-order valence-electron chi connectivity index (χ2n) is 7.18. The molecule has 1 N–H and O–H groups in total. The summed E-state index contributed by atoms with van der Waals surface area (Å²) in [5, 5.41) is 7.94. The van der Waals surface area contributed by atoms with E-state index in [2.05, 4.69) is 44.2 Å². The molecular weight excluding hydrogens is 250 g/mol. The molecule has 0 spiro atoms. The maximum absolute atomic E-state index is 5.87. The third-order valence-electron chi connectivity index (χ3n) is 4.60. The summed E-state index contributed by atoms with van der Waals surface area (Å²) in [6, 6.07) is 2.12. The van der Waals surface area contributed by atoms with Gasteiger partial charge in [-0.2, -0.15) is 5.10 Å². The third kappa shape index (κ3) is 3.61. The minimum absolute atomic E-state index is 0.155. The fourth-order valence-electron chi connectivity index (χ4n) is 2.93. The molecule has 2 unspecified atom stereocenters. The molecule has 0 amide bonds. The van der Waals surface area contributed by atoms with Crippen LogP contribution in [-0.4, -0.2) is 34.6 Å². The number of aromatic nitrogens is 2. The molecule has 4 nitrogen and oxygen atoms in total. The first-order valence-electron chi connectivity index (χ1n) is 7.66. The Balaban J connectivity index is 2.02. The van der Waals surface area contributed by atoms with E-state index in [1.165, 1.54) is 5.69 Å². The zero-order valence-electron chi connectivity index (χ0n) is 13.6. The largest absolute Gasteiger partial charge is 0.378 e. The Morgan fingerprint density at radius 2 is 2.25 bits per heavy atom. The van der Waals surface area contributed by atoms with E-state index in [0.29, 0.717) is 6.10 Å². The molecule has 1 fully saturated rings. The Morgan fingerprint density at radius 1 is 1.50 bits per heavy atom. The molecule has 0 aromatic carbocycles. The predicted octanol–water partition coefficient (Wildman–Crippen LogP) is 2.54. The van der Waals surface area contributed by atoms with Gasteiger partial charge in [0.2, 0.25) is 0 Å². The number of rotatable bonds is 5. The smallest absolute Gasteiger partial charge is 0.0616 e. The summed E-state index contributed by atoms with van der Waals surface area (Å²) in [6.07, 6.45) is 5.57. The molecule has 1 aromatic heterocycles. The number of hydrogen-bond donors (Lipinski definition) is 1.